The summed E-state index contributed by atoms with van der Waals surface area (Å²) in [5.41, 5.74) is 0.468. The molecule has 0 aromatic rings. The van der Waals surface area contributed by atoms with Crippen molar-refractivity contribution in [3.05, 3.63) is 23.8 Å². The Labute approximate surface area is 66.7 Å². The molecule has 0 amide bonds. The molecule has 0 aromatic carbocycles. The van der Waals surface area contributed by atoms with Gasteiger partial charge >= 0.3 is 0 Å². The SMILES string of the molecule is FC1C=CC=C(CBr)C1F. The van der Waals surface area contributed by atoms with Gasteiger partial charge in [-0.05, 0) is 11.6 Å². The first-order valence-corrected chi connectivity index (χ1v) is 4.09. The van der Waals surface area contributed by atoms with Crippen molar-refractivity contribution in [1.82, 2.24) is 0 Å². The summed E-state index contributed by atoms with van der Waals surface area (Å²) >= 11 is 3.07. The molecule has 0 saturated heterocycles. The van der Waals surface area contributed by atoms with E-state index in [1.165, 1.54) is 12.2 Å². The van der Waals surface area contributed by atoms with Crippen molar-refractivity contribution in [3.63, 3.8) is 0 Å². The molecule has 0 spiro atoms. The lowest BCUT2D eigenvalue weighted by Crippen LogP contribution is -2.20. The maximum atomic E-state index is 12.7. The van der Waals surface area contributed by atoms with Crippen molar-refractivity contribution < 1.29 is 8.78 Å². The summed E-state index contributed by atoms with van der Waals surface area (Å²) < 4.78 is 25.2. The van der Waals surface area contributed by atoms with E-state index < -0.39 is 12.3 Å². The standard InChI is InChI=1S/C7H7BrF2/c8-4-5-2-1-3-6(9)7(5)10/h1-3,6-7H,4H2. The van der Waals surface area contributed by atoms with Crippen LogP contribution >= 0.6 is 15.9 Å². The topological polar surface area (TPSA) is 0 Å². The van der Waals surface area contributed by atoms with Crippen LogP contribution in [0.4, 0.5) is 8.78 Å². The number of rotatable bonds is 1. The first-order valence-electron chi connectivity index (χ1n) is 2.97. The van der Waals surface area contributed by atoms with Gasteiger partial charge < -0.3 is 0 Å². The second-order valence-electron chi connectivity index (χ2n) is 2.11. The molecule has 1 rings (SSSR count). The molecule has 0 heterocycles. The highest BCUT2D eigenvalue weighted by molar-refractivity contribution is 9.09. The largest absolute Gasteiger partial charge is 0.239 e. The molecule has 0 aliphatic heterocycles. The Morgan fingerprint density at radius 1 is 1.50 bits per heavy atom. The lowest BCUT2D eigenvalue weighted by Gasteiger charge is -2.14. The second kappa shape index (κ2) is 3.28. The fourth-order valence-electron chi connectivity index (χ4n) is 0.798. The third-order valence-electron chi connectivity index (χ3n) is 1.39. The van der Waals surface area contributed by atoms with Gasteiger partial charge in [-0.1, -0.05) is 28.1 Å². The Kier molecular flexibility index (Phi) is 2.60. The van der Waals surface area contributed by atoms with Crippen LogP contribution in [0, 0.1) is 0 Å². The Bertz CT molecular complexity index is 174. The number of halogens is 3. The van der Waals surface area contributed by atoms with Gasteiger partial charge in [-0.25, -0.2) is 8.78 Å². The molecule has 0 bridgehead atoms. The summed E-state index contributed by atoms with van der Waals surface area (Å²) in [6.45, 7) is 0. The molecule has 0 N–H and O–H groups in total. The predicted octanol–water partition coefficient (Wildman–Crippen LogP) is 2.55. The summed E-state index contributed by atoms with van der Waals surface area (Å²) in [6.07, 6.45) is 1.44. The zero-order valence-electron chi connectivity index (χ0n) is 5.23. The van der Waals surface area contributed by atoms with Crippen molar-refractivity contribution in [2.45, 2.75) is 12.3 Å². The van der Waals surface area contributed by atoms with Gasteiger partial charge in [0.1, 0.15) is 0 Å². The van der Waals surface area contributed by atoms with Crippen LogP contribution in [0.1, 0.15) is 0 Å². The minimum atomic E-state index is -1.46. The molecule has 3 heteroatoms. The monoisotopic (exact) mass is 208 g/mol. The summed E-state index contributed by atoms with van der Waals surface area (Å²) in [4.78, 5) is 0. The fourth-order valence-corrected chi connectivity index (χ4v) is 1.29. The molecule has 56 valence electrons. The molecule has 0 radical (unpaired) electrons. The molecular formula is C7H7BrF2. The smallest absolute Gasteiger partial charge is 0.157 e. The zero-order valence-corrected chi connectivity index (χ0v) is 6.81. The third kappa shape index (κ3) is 1.45. The van der Waals surface area contributed by atoms with Crippen molar-refractivity contribution in [2.75, 3.05) is 5.33 Å². The molecule has 0 nitrogen and oxygen atoms in total. The highest BCUT2D eigenvalue weighted by Gasteiger charge is 2.22. The van der Waals surface area contributed by atoms with Crippen LogP contribution in [0.5, 0.6) is 0 Å². The van der Waals surface area contributed by atoms with Gasteiger partial charge in [0.15, 0.2) is 12.3 Å². The lowest BCUT2D eigenvalue weighted by atomic mass is 10.0. The summed E-state index contributed by atoms with van der Waals surface area (Å²) in [5, 5.41) is 0.402. The number of allylic oxidation sites excluding steroid dienone is 4. The van der Waals surface area contributed by atoms with E-state index in [0.717, 1.165) is 0 Å². The number of hydrogen-bond donors (Lipinski definition) is 0. The van der Waals surface area contributed by atoms with E-state index in [1.807, 2.05) is 0 Å². The quantitative estimate of drug-likeness (QED) is 0.582. The molecule has 0 fully saturated rings. The minimum Gasteiger partial charge on any atom is -0.239 e. The van der Waals surface area contributed by atoms with Crippen LogP contribution < -0.4 is 0 Å². The normalized spacial score (nSPS) is 32.1. The van der Waals surface area contributed by atoms with E-state index >= 15 is 0 Å². The second-order valence-corrected chi connectivity index (χ2v) is 2.67. The molecule has 10 heavy (non-hydrogen) atoms. The van der Waals surface area contributed by atoms with E-state index in [2.05, 4.69) is 15.9 Å². The van der Waals surface area contributed by atoms with E-state index in [-0.39, 0.29) is 0 Å². The van der Waals surface area contributed by atoms with Gasteiger partial charge in [0.05, 0.1) is 0 Å². The zero-order chi connectivity index (χ0) is 7.56. The van der Waals surface area contributed by atoms with E-state index in [1.54, 1.807) is 6.08 Å². The minimum absolute atomic E-state index is 0.402. The maximum Gasteiger partial charge on any atom is 0.157 e. The molecule has 2 unspecified atom stereocenters. The van der Waals surface area contributed by atoms with Crippen molar-refractivity contribution in [1.29, 1.82) is 0 Å². The van der Waals surface area contributed by atoms with Gasteiger partial charge in [0.2, 0.25) is 0 Å². The van der Waals surface area contributed by atoms with E-state index in [0.29, 0.717) is 10.9 Å². The molecule has 0 aromatic heterocycles. The van der Waals surface area contributed by atoms with Gasteiger partial charge in [-0.2, -0.15) is 0 Å². The maximum absolute atomic E-state index is 12.7. The number of alkyl halides is 3. The van der Waals surface area contributed by atoms with Crippen molar-refractivity contribution >= 4 is 15.9 Å². The third-order valence-corrected chi connectivity index (χ3v) is 2.04. The average Bonchev–Trinajstić information content (AvgIpc) is 1.95. The van der Waals surface area contributed by atoms with E-state index in [4.69, 9.17) is 0 Å². The summed E-state index contributed by atoms with van der Waals surface area (Å²) in [6, 6.07) is 0. The van der Waals surface area contributed by atoms with Gasteiger partial charge in [0, 0.05) is 5.33 Å². The molecular weight excluding hydrogens is 202 g/mol. The van der Waals surface area contributed by atoms with Gasteiger partial charge in [-0.3, -0.25) is 0 Å². The Morgan fingerprint density at radius 2 is 2.20 bits per heavy atom. The molecule has 1 aliphatic carbocycles. The average molecular weight is 209 g/mol. The van der Waals surface area contributed by atoms with Crippen LogP contribution in [0.3, 0.4) is 0 Å². The van der Waals surface area contributed by atoms with Crippen LogP contribution in [0.2, 0.25) is 0 Å². The predicted molar refractivity (Wildman–Crippen MR) is 40.8 cm³/mol. The first kappa shape index (κ1) is 7.92. The van der Waals surface area contributed by atoms with Gasteiger partial charge in [-0.15, -0.1) is 0 Å². The first-order chi connectivity index (χ1) is 4.75. The molecule has 2 atom stereocenters. The fraction of sp³-hybridized carbons (Fsp3) is 0.429. The lowest BCUT2D eigenvalue weighted by molar-refractivity contribution is 0.235. The Hall–Kier alpha value is -0.180. The molecule has 0 saturated carbocycles. The van der Waals surface area contributed by atoms with Crippen molar-refractivity contribution in [2.24, 2.45) is 0 Å². The number of hydrogen-bond acceptors (Lipinski definition) is 0. The van der Waals surface area contributed by atoms with E-state index in [9.17, 15) is 8.78 Å². The van der Waals surface area contributed by atoms with Crippen LogP contribution in [0.25, 0.3) is 0 Å². The highest BCUT2D eigenvalue weighted by Crippen LogP contribution is 2.20. The summed E-state index contributed by atoms with van der Waals surface area (Å²) in [5.74, 6) is 0. The summed E-state index contributed by atoms with van der Waals surface area (Å²) in [7, 11) is 0. The van der Waals surface area contributed by atoms with Crippen molar-refractivity contribution in [3.8, 4) is 0 Å². The highest BCUT2D eigenvalue weighted by atomic mass is 79.9. The van der Waals surface area contributed by atoms with Crippen LogP contribution in [-0.4, -0.2) is 17.7 Å². The van der Waals surface area contributed by atoms with Crippen LogP contribution in [0.15, 0.2) is 23.8 Å². The Balaban J connectivity index is 2.71. The van der Waals surface area contributed by atoms with Gasteiger partial charge in [0.25, 0.3) is 0 Å². The van der Waals surface area contributed by atoms with Crippen LogP contribution in [-0.2, 0) is 0 Å². The molecule has 1 aliphatic rings. The Morgan fingerprint density at radius 3 is 2.70 bits per heavy atom.